The zero-order valence-corrected chi connectivity index (χ0v) is 15.7. The second-order valence-corrected chi connectivity index (χ2v) is 7.28. The number of pyridine rings is 1. The maximum absolute atomic E-state index is 11.7. The van der Waals surface area contributed by atoms with E-state index >= 15 is 0 Å². The molecule has 2 aliphatic heterocycles. The average Bonchev–Trinajstić information content (AvgIpc) is 3.28. The van der Waals surface area contributed by atoms with Gasteiger partial charge in [-0.2, -0.15) is 5.10 Å². The Morgan fingerprint density at radius 3 is 2.96 bits per heavy atom. The lowest BCUT2D eigenvalue weighted by Gasteiger charge is -2.21. The smallest absolute Gasteiger partial charge is 0.248 e. The van der Waals surface area contributed by atoms with Crippen molar-refractivity contribution in [3.05, 3.63) is 70.6 Å². The number of anilines is 1. The summed E-state index contributed by atoms with van der Waals surface area (Å²) < 4.78 is 2.11. The van der Waals surface area contributed by atoms with E-state index in [1.165, 1.54) is 5.69 Å². The van der Waals surface area contributed by atoms with Gasteiger partial charge in [0.25, 0.3) is 0 Å². The lowest BCUT2D eigenvalue weighted by Crippen LogP contribution is -2.14. The molecule has 0 atom stereocenters. The van der Waals surface area contributed by atoms with Gasteiger partial charge in [-0.3, -0.25) is 14.5 Å². The van der Waals surface area contributed by atoms with Crippen molar-refractivity contribution in [2.45, 2.75) is 26.3 Å². The van der Waals surface area contributed by atoms with Gasteiger partial charge in [0, 0.05) is 46.9 Å². The van der Waals surface area contributed by atoms with Crippen LogP contribution in [0.5, 0.6) is 0 Å². The highest BCUT2D eigenvalue weighted by molar-refractivity contribution is 5.99. The minimum atomic E-state index is -0.423. The van der Waals surface area contributed by atoms with E-state index in [2.05, 4.69) is 16.1 Å². The highest BCUT2D eigenvalue weighted by Crippen LogP contribution is 2.40. The van der Waals surface area contributed by atoms with E-state index < -0.39 is 5.91 Å². The fourth-order valence-corrected chi connectivity index (χ4v) is 4.15. The maximum atomic E-state index is 11.7. The number of hydrogen-bond acceptors (Lipinski definition) is 4. The molecule has 0 saturated carbocycles. The fourth-order valence-electron chi connectivity index (χ4n) is 4.15. The van der Waals surface area contributed by atoms with Gasteiger partial charge in [-0.15, -0.1) is 0 Å². The number of nitrogens with zero attached hydrogens (tertiary/aromatic N) is 3. The molecule has 0 saturated heterocycles. The van der Waals surface area contributed by atoms with Gasteiger partial charge < -0.3 is 11.1 Å². The molecule has 3 N–H and O–H groups in total. The molecule has 2 aromatic heterocycles. The maximum Gasteiger partial charge on any atom is 0.248 e. The molecule has 28 heavy (non-hydrogen) atoms. The normalized spacial score (nSPS) is 14.8. The third kappa shape index (κ3) is 2.60. The number of rotatable bonds is 3. The lowest BCUT2D eigenvalue weighted by molar-refractivity contribution is 0.100. The van der Waals surface area contributed by atoms with E-state index in [4.69, 9.17) is 15.8 Å². The molecule has 6 heteroatoms. The van der Waals surface area contributed by atoms with Crippen molar-refractivity contribution in [1.29, 1.82) is 0 Å². The number of carbonyl (C=O) groups excluding carboxylic acids is 1. The highest BCUT2D eigenvalue weighted by atomic mass is 16.1. The standard InChI is InChI=1S/C22H21N5O/c1-13-4-2-5-18(25-13)21-20(19-6-3-11-27(19)26-21)15-9-10-24-17-8-7-14(22(23)28)12-16(15)17/h2,4-5,7-9,12,24H,3,6,10-11H2,1H3,(H2,23,28). The molecule has 1 aromatic carbocycles. The monoisotopic (exact) mass is 371 g/mol. The molecule has 1 amide bonds. The minimum Gasteiger partial charge on any atom is -0.381 e. The largest absolute Gasteiger partial charge is 0.381 e. The van der Waals surface area contributed by atoms with E-state index in [1.807, 2.05) is 37.3 Å². The van der Waals surface area contributed by atoms with Gasteiger partial charge in [0.05, 0.1) is 5.69 Å². The van der Waals surface area contributed by atoms with Gasteiger partial charge in [0.1, 0.15) is 5.69 Å². The van der Waals surface area contributed by atoms with Crippen LogP contribution in [0.3, 0.4) is 0 Å². The van der Waals surface area contributed by atoms with Gasteiger partial charge in [0.2, 0.25) is 5.91 Å². The van der Waals surface area contributed by atoms with Crippen molar-refractivity contribution in [3.8, 4) is 11.4 Å². The van der Waals surface area contributed by atoms with Crippen LogP contribution in [0.25, 0.3) is 17.0 Å². The number of hydrogen-bond donors (Lipinski definition) is 2. The summed E-state index contributed by atoms with van der Waals surface area (Å²) in [6.07, 6.45) is 4.25. The second kappa shape index (κ2) is 6.34. The van der Waals surface area contributed by atoms with Crippen LogP contribution in [0.2, 0.25) is 0 Å². The Bertz CT molecular complexity index is 1140. The van der Waals surface area contributed by atoms with Crippen molar-refractivity contribution >= 4 is 17.2 Å². The van der Waals surface area contributed by atoms with E-state index in [9.17, 15) is 4.79 Å². The van der Waals surface area contributed by atoms with Gasteiger partial charge >= 0.3 is 0 Å². The molecule has 140 valence electrons. The van der Waals surface area contributed by atoms with Crippen LogP contribution in [0, 0.1) is 6.92 Å². The molecule has 0 spiro atoms. The Balaban J connectivity index is 1.74. The first-order valence-electron chi connectivity index (χ1n) is 9.54. The number of aryl methyl sites for hydroxylation is 2. The summed E-state index contributed by atoms with van der Waals surface area (Å²) in [6.45, 7) is 3.64. The SMILES string of the molecule is Cc1cccc(-c2nn3c(c2C2=CCNc4ccc(C(N)=O)cc42)CCC3)n1. The first-order chi connectivity index (χ1) is 13.6. The molecule has 0 unspecified atom stereocenters. The van der Waals surface area contributed by atoms with Gasteiger partial charge in [-0.25, -0.2) is 0 Å². The topological polar surface area (TPSA) is 85.8 Å². The predicted octanol–water partition coefficient (Wildman–Crippen LogP) is 3.16. The van der Waals surface area contributed by atoms with Crippen molar-refractivity contribution in [2.75, 3.05) is 11.9 Å². The van der Waals surface area contributed by atoms with Crippen LogP contribution in [0.15, 0.2) is 42.5 Å². The summed E-state index contributed by atoms with van der Waals surface area (Å²) in [5.74, 6) is -0.423. The number of amides is 1. The predicted molar refractivity (Wildman–Crippen MR) is 109 cm³/mol. The van der Waals surface area contributed by atoms with Crippen molar-refractivity contribution in [3.63, 3.8) is 0 Å². The van der Waals surface area contributed by atoms with Crippen LogP contribution in [0.4, 0.5) is 5.69 Å². The Labute approximate surface area is 163 Å². The second-order valence-electron chi connectivity index (χ2n) is 7.28. The quantitative estimate of drug-likeness (QED) is 0.740. The Hall–Kier alpha value is -3.41. The zero-order valence-electron chi connectivity index (χ0n) is 15.7. The lowest BCUT2D eigenvalue weighted by atomic mass is 9.89. The number of benzene rings is 1. The first kappa shape index (κ1) is 16.7. The van der Waals surface area contributed by atoms with E-state index in [-0.39, 0.29) is 0 Å². The van der Waals surface area contributed by atoms with Crippen molar-refractivity contribution in [2.24, 2.45) is 5.73 Å². The summed E-state index contributed by atoms with van der Waals surface area (Å²) >= 11 is 0. The molecule has 0 fully saturated rings. The van der Waals surface area contributed by atoms with Crippen LogP contribution in [0.1, 0.15) is 39.3 Å². The molecule has 3 aromatic rings. The summed E-state index contributed by atoms with van der Waals surface area (Å²) in [7, 11) is 0. The van der Waals surface area contributed by atoms with Crippen LogP contribution >= 0.6 is 0 Å². The number of nitrogens with two attached hydrogens (primary N) is 1. The van der Waals surface area contributed by atoms with E-state index in [0.29, 0.717) is 5.56 Å². The summed E-state index contributed by atoms with van der Waals surface area (Å²) in [5.41, 5.74) is 14.2. The zero-order chi connectivity index (χ0) is 19.3. The number of primary amides is 1. The number of aromatic nitrogens is 3. The molecule has 2 aliphatic rings. The molecule has 6 nitrogen and oxygen atoms in total. The summed E-state index contributed by atoms with van der Waals surface area (Å²) in [6, 6.07) is 11.6. The number of nitrogens with one attached hydrogen (secondary N) is 1. The van der Waals surface area contributed by atoms with E-state index in [1.54, 1.807) is 6.07 Å². The van der Waals surface area contributed by atoms with Gasteiger partial charge in [0.15, 0.2) is 0 Å². The van der Waals surface area contributed by atoms with Crippen LogP contribution in [-0.2, 0) is 13.0 Å². The molecule has 5 rings (SSSR count). The van der Waals surface area contributed by atoms with Crippen LogP contribution in [-0.4, -0.2) is 27.2 Å². The van der Waals surface area contributed by atoms with Crippen molar-refractivity contribution in [1.82, 2.24) is 14.8 Å². The van der Waals surface area contributed by atoms with E-state index in [0.717, 1.165) is 65.4 Å². The summed E-state index contributed by atoms with van der Waals surface area (Å²) in [4.78, 5) is 16.5. The molecule has 0 bridgehead atoms. The highest BCUT2D eigenvalue weighted by Gasteiger charge is 2.28. The van der Waals surface area contributed by atoms with Crippen molar-refractivity contribution < 1.29 is 4.79 Å². The molecule has 4 heterocycles. The molecular formula is C22H21N5O. The Morgan fingerprint density at radius 2 is 2.14 bits per heavy atom. The Morgan fingerprint density at radius 1 is 1.25 bits per heavy atom. The minimum absolute atomic E-state index is 0.423. The Kier molecular flexibility index (Phi) is 3.79. The number of fused-ring (bicyclic) bond motifs is 2. The average molecular weight is 371 g/mol. The molecular weight excluding hydrogens is 350 g/mol. The third-order valence-corrected chi connectivity index (χ3v) is 5.43. The molecule has 0 aliphatic carbocycles. The molecule has 0 radical (unpaired) electrons. The van der Waals surface area contributed by atoms with Crippen LogP contribution < -0.4 is 11.1 Å². The summed E-state index contributed by atoms with van der Waals surface area (Å²) in [5, 5.41) is 8.29. The van der Waals surface area contributed by atoms with Gasteiger partial charge in [-0.05, 0) is 55.7 Å². The third-order valence-electron chi connectivity index (χ3n) is 5.43. The number of carbonyl (C=O) groups is 1. The fraction of sp³-hybridized carbons (Fsp3) is 0.227. The van der Waals surface area contributed by atoms with Gasteiger partial charge in [-0.1, -0.05) is 12.1 Å². The first-order valence-corrected chi connectivity index (χ1v) is 9.54.